The molecule has 1 saturated carbocycles. The number of hydrogen-bond donors (Lipinski definition) is 3. The van der Waals surface area contributed by atoms with Crippen LogP contribution in [0, 0.1) is 22.7 Å². The van der Waals surface area contributed by atoms with Crippen molar-refractivity contribution in [3.05, 3.63) is 0 Å². The van der Waals surface area contributed by atoms with Gasteiger partial charge in [0, 0.05) is 13.1 Å². The number of carbonyl (C=O) groups is 6. The summed E-state index contributed by atoms with van der Waals surface area (Å²) < 4.78 is 10.6. The SMILES string of the molecule is CCC[C@H](NC(=O)[C@@H]1[C@@H]2[C@H](CN1C(=O)[C@@H](NC(=O)OC(C)(C)C)C(C)(C)C)C2(C)C)C(=O)C(=O)NCCC(=O)OC(C)(C)C. The van der Waals surface area contributed by atoms with E-state index in [2.05, 4.69) is 16.0 Å². The summed E-state index contributed by atoms with van der Waals surface area (Å²) in [6.07, 6.45) is -0.112. The number of alkyl carbamates (subject to hydrolysis) is 1. The van der Waals surface area contributed by atoms with Gasteiger partial charge in [-0.1, -0.05) is 48.0 Å². The largest absolute Gasteiger partial charge is 0.460 e. The normalized spacial score (nSPS) is 22.2. The molecular formula is C32H54N4O8. The van der Waals surface area contributed by atoms with E-state index >= 15 is 0 Å². The third-order valence-electron chi connectivity index (χ3n) is 8.00. The first-order valence-electron chi connectivity index (χ1n) is 15.5. The number of esters is 1. The predicted molar refractivity (Wildman–Crippen MR) is 164 cm³/mol. The summed E-state index contributed by atoms with van der Waals surface area (Å²) in [5.41, 5.74) is -2.33. The Balaban J connectivity index is 2.20. The molecule has 0 aromatic heterocycles. The number of nitrogens with zero attached hydrogens (tertiary/aromatic N) is 1. The molecule has 0 aromatic rings. The van der Waals surface area contributed by atoms with Crippen LogP contribution >= 0.6 is 0 Å². The standard InChI is InChI=1S/C32H54N4O8/c1-13-14-19(23(38)26(40)33-16-15-20(37)43-30(5,6)7)34-25(39)22-21-18(32(21,11)12)17-36(22)27(41)24(29(2,3)4)35-28(42)44-31(8,9)10/h18-19,21-22,24H,13-17H2,1-12H3,(H,33,40)(H,34,39)(H,35,42)/t18-,19-,21-,22-,24+/m0/s1. The molecule has 12 nitrogen and oxygen atoms in total. The van der Waals surface area contributed by atoms with Crippen LogP contribution in [0.1, 0.15) is 102 Å². The van der Waals surface area contributed by atoms with E-state index < -0.39 is 70.3 Å². The lowest BCUT2D eigenvalue weighted by atomic mass is 9.85. The number of ether oxygens (including phenoxy) is 2. The smallest absolute Gasteiger partial charge is 0.408 e. The van der Waals surface area contributed by atoms with Crippen molar-refractivity contribution in [2.75, 3.05) is 13.1 Å². The molecule has 250 valence electrons. The monoisotopic (exact) mass is 622 g/mol. The maximum Gasteiger partial charge on any atom is 0.408 e. The summed E-state index contributed by atoms with van der Waals surface area (Å²) in [7, 11) is 0. The number of carbonyl (C=O) groups excluding carboxylic acids is 6. The Labute approximate surface area is 262 Å². The molecule has 0 aromatic carbocycles. The van der Waals surface area contributed by atoms with Crippen molar-refractivity contribution in [1.82, 2.24) is 20.9 Å². The zero-order valence-corrected chi connectivity index (χ0v) is 28.6. The van der Waals surface area contributed by atoms with Gasteiger partial charge in [-0.3, -0.25) is 24.0 Å². The van der Waals surface area contributed by atoms with Crippen LogP contribution in [-0.2, 0) is 33.4 Å². The summed E-state index contributed by atoms with van der Waals surface area (Å²) in [5.74, 6) is -3.25. The molecule has 0 radical (unpaired) electrons. The van der Waals surface area contributed by atoms with Gasteiger partial charge in [0.2, 0.25) is 17.6 Å². The quantitative estimate of drug-likeness (QED) is 0.234. The highest BCUT2D eigenvalue weighted by Gasteiger charge is 2.70. The predicted octanol–water partition coefficient (Wildman–Crippen LogP) is 3.11. The fraction of sp³-hybridized carbons (Fsp3) is 0.812. The zero-order chi connectivity index (χ0) is 34.0. The van der Waals surface area contributed by atoms with Crippen LogP contribution < -0.4 is 16.0 Å². The molecule has 5 atom stereocenters. The summed E-state index contributed by atoms with van der Waals surface area (Å²) in [6, 6.07) is -2.96. The molecule has 0 spiro atoms. The van der Waals surface area contributed by atoms with E-state index in [1.807, 2.05) is 41.5 Å². The molecule has 44 heavy (non-hydrogen) atoms. The van der Waals surface area contributed by atoms with Gasteiger partial charge in [-0.25, -0.2) is 4.79 Å². The Bertz CT molecular complexity index is 1130. The number of amides is 4. The summed E-state index contributed by atoms with van der Waals surface area (Å²) in [5, 5.41) is 7.91. The number of rotatable bonds is 11. The van der Waals surface area contributed by atoms with E-state index in [-0.39, 0.29) is 36.6 Å². The van der Waals surface area contributed by atoms with Gasteiger partial charge in [0.15, 0.2) is 0 Å². The van der Waals surface area contributed by atoms with E-state index in [0.717, 1.165) is 0 Å². The van der Waals surface area contributed by atoms with Gasteiger partial charge in [0.05, 0.1) is 12.5 Å². The number of nitrogens with one attached hydrogen (secondary N) is 3. The van der Waals surface area contributed by atoms with E-state index in [4.69, 9.17) is 9.47 Å². The van der Waals surface area contributed by atoms with E-state index in [1.165, 1.54) is 4.90 Å². The van der Waals surface area contributed by atoms with Crippen molar-refractivity contribution in [3.8, 4) is 0 Å². The number of likely N-dealkylation sites (tertiary alicyclic amines) is 1. The second-order valence-corrected chi connectivity index (χ2v) is 15.6. The van der Waals surface area contributed by atoms with Gasteiger partial charge >= 0.3 is 12.1 Å². The molecule has 12 heteroatoms. The lowest BCUT2D eigenvalue weighted by Crippen LogP contribution is -2.60. The van der Waals surface area contributed by atoms with Crippen molar-refractivity contribution in [2.24, 2.45) is 22.7 Å². The maximum atomic E-state index is 14.0. The number of fused-ring (bicyclic) bond motifs is 1. The molecule has 0 unspecified atom stereocenters. The molecule has 0 bridgehead atoms. The Morgan fingerprint density at radius 2 is 1.45 bits per heavy atom. The first kappa shape index (κ1) is 37.0. The van der Waals surface area contributed by atoms with Gasteiger partial charge in [-0.15, -0.1) is 0 Å². The Morgan fingerprint density at radius 3 is 1.95 bits per heavy atom. The zero-order valence-electron chi connectivity index (χ0n) is 28.6. The van der Waals surface area contributed by atoms with E-state index in [9.17, 15) is 28.8 Å². The number of piperidine rings is 1. The van der Waals surface area contributed by atoms with Crippen molar-refractivity contribution < 1.29 is 38.2 Å². The lowest BCUT2D eigenvalue weighted by molar-refractivity contribution is -0.154. The Kier molecular flexibility index (Phi) is 11.3. The second kappa shape index (κ2) is 13.4. The van der Waals surface area contributed by atoms with E-state index in [1.54, 1.807) is 41.5 Å². The Morgan fingerprint density at radius 1 is 0.886 bits per heavy atom. The van der Waals surface area contributed by atoms with E-state index in [0.29, 0.717) is 13.0 Å². The minimum Gasteiger partial charge on any atom is -0.460 e. The molecule has 2 rings (SSSR count). The topological polar surface area (TPSA) is 160 Å². The molecule has 1 aliphatic carbocycles. The average molecular weight is 623 g/mol. The molecule has 2 fully saturated rings. The molecule has 4 amide bonds. The van der Waals surface area contributed by atoms with Gasteiger partial charge in [0.1, 0.15) is 23.3 Å². The third-order valence-corrected chi connectivity index (χ3v) is 8.00. The minimum absolute atomic E-state index is 0.0702. The minimum atomic E-state index is -1.11. The third kappa shape index (κ3) is 9.66. The molecule has 1 heterocycles. The van der Waals surface area contributed by atoms with Crippen LogP contribution in [0.5, 0.6) is 0 Å². The highest BCUT2D eigenvalue weighted by Crippen LogP contribution is 2.65. The van der Waals surface area contributed by atoms with Crippen LogP contribution in [0.4, 0.5) is 4.79 Å². The number of ketones is 1. The van der Waals surface area contributed by atoms with Crippen LogP contribution in [0.3, 0.4) is 0 Å². The summed E-state index contributed by atoms with van der Waals surface area (Å²) in [4.78, 5) is 79.8. The van der Waals surface area contributed by atoms with Crippen molar-refractivity contribution >= 4 is 35.6 Å². The van der Waals surface area contributed by atoms with Crippen LogP contribution in [-0.4, -0.2) is 82.9 Å². The molecular weight excluding hydrogens is 568 g/mol. The van der Waals surface area contributed by atoms with Crippen LogP contribution in [0.2, 0.25) is 0 Å². The first-order chi connectivity index (χ1) is 19.9. The molecule has 3 N–H and O–H groups in total. The second-order valence-electron chi connectivity index (χ2n) is 15.6. The molecule has 1 aliphatic heterocycles. The molecule has 1 saturated heterocycles. The lowest BCUT2D eigenvalue weighted by Gasteiger charge is -2.38. The maximum absolute atomic E-state index is 14.0. The van der Waals surface area contributed by atoms with Gasteiger partial charge < -0.3 is 30.3 Å². The average Bonchev–Trinajstić information content (AvgIpc) is 3.17. The fourth-order valence-electron chi connectivity index (χ4n) is 5.78. The van der Waals surface area contributed by atoms with Gasteiger partial charge in [-0.05, 0) is 70.6 Å². The van der Waals surface area contributed by atoms with Gasteiger partial charge in [0.25, 0.3) is 5.91 Å². The van der Waals surface area contributed by atoms with Gasteiger partial charge in [-0.2, -0.15) is 0 Å². The fourth-order valence-corrected chi connectivity index (χ4v) is 5.78. The number of Topliss-reactive ketones (excluding diaryl/α,β-unsaturated/α-hetero) is 1. The molecule has 2 aliphatic rings. The van der Waals surface area contributed by atoms with Crippen molar-refractivity contribution in [3.63, 3.8) is 0 Å². The highest BCUT2D eigenvalue weighted by molar-refractivity contribution is 6.38. The first-order valence-corrected chi connectivity index (χ1v) is 15.5. The van der Waals surface area contributed by atoms with Crippen molar-refractivity contribution in [2.45, 2.75) is 132 Å². The summed E-state index contributed by atoms with van der Waals surface area (Å²) >= 11 is 0. The Hall–Kier alpha value is -3.18. The van der Waals surface area contributed by atoms with Crippen LogP contribution in [0.25, 0.3) is 0 Å². The summed E-state index contributed by atoms with van der Waals surface area (Å²) in [6.45, 7) is 22.0. The van der Waals surface area contributed by atoms with Crippen LogP contribution in [0.15, 0.2) is 0 Å². The number of hydrogen-bond acceptors (Lipinski definition) is 8. The highest BCUT2D eigenvalue weighted by atomic mass is 16.6. The van der Waals surface area contributed by atoms with Crippen molar-refractivity contribution in [1.29, 1.82) is 0 Å².